The van der Waals surface area contributed by atoms with Crippen molar-refractivity contribution in [1.82, 2.24) is 4.90 Å². The molecule has 0 aliphatic carbocycles. The fraction of sp³-hybridized carbons (Fsp3) is 0.917. The van der Waals surface area contributed by atoms with E-state index in [1.54, 1.807) is 4.90 Å². The Morgan fingerprint density at radius 1 is 1.33 bits per heavy atom. The first kappa shape index (κ1) is 13.8. The second kappa shape index (κ2) is 5.17. The average Bonchev–Trinajstić information content (AvgIpc) is 2.77. The number of hydrogen-bond acceptors (Lipinski definition) is 4. The molecule has 18 heavy (non-hydrogen) atoms. The van der Waals surface area contributed by atoms with Crippen molar-refractivity contribution in [3.05, 3.63) is 0 Å². The van der Waals surface area contributed by atoms with E-state index >= 15 is 0 Å². The van der Waals surface area contributed by atoms with Crippen LogP contribution in [0.4, 0.5) is 0 Å². The zero-order valence-corrected chi connectivity index (χ0v) is 11.7. The Kier molecular flexibility index (Phi) is 3.96. The molecule has 104 valence electrons. The van der Waals surface area contributed by atoms with Crippen LogP contribution in [0.2, 0.25) is 0 Å². The fourth-order valence-electron chi connectivity index (χ4n) is 2.85. The number of rotatable bonds is 2. The van der Waals surface area contributed by atoms with Crippen LogP contribution in [0.1, 0.15) is 32.6 Å². The summed E-state index contributed by atoms with van der Waals surface area (Å²) in [7, 11) is -3.22. The Morgan fingerprint density at radius 2 is 2.06 bits per heavy atom. The summed E-state index contributed by atoms with van der Waals surface area (Å²) < 4.78 is 23.8. The molecule has 3 unspecified atom stereocenters. The largest absolute Gasteiger partial charge is 0.341 e. The van der Waals surface area contributed by atoms with E-state index in [9.17, 15) is 13.2 Å². The minimum atomic E-state index is -3.22. The molecule has 0 bridgehead atoms. The van der Waals surface area contributed by atoms with E-state index in [0.717, 1.165) is 12.8 Å². The molecular weight excluding hydrogens is 252 g/mol. The van der Waals surface area contributed by atoms with Gasteiger partial charge in [0.1, 0.15) is 5.25 Å². The minimum Gasteiger partial charge on any atom is -0.341 e. The lowest BCUT2D eigenvalue weighted by Crippen LogP contribution is -2.45. The maximum Gasteiger partial charge on any atom is 0.240 e. The standard InChI is InChI=1S/C12H22N2O3S/c1-9(13)10-5-6-14(8-10)12(15)11-4-2-3-7-18(11,16)17/h9-11H,2-8,13H2,1H3. The predicted molar refractivity (Wildman–Crippen MR) is 69.8 cm³/mol. The third-order valence-electron chi connectivity index (χ3n) is 4.13. The molecule has 0 spiro atoms. The van der Waals surface area contributed by atoms with E-state index in [0.29, 0.717) is 31.8 Å². The van der Waals surface area contributed by atoms with Crippen LogP contribution in [0.25, 0.3) is 0 Å². The second-order valence-corrected chi connectivity index (χ2v) is 7.85. The van der Waals surface area contributed by atoms with Crippen molar-refractivity contribution in [2.45, 2.75) is 43.9 Å². The highest BCUT2D eigenvalue weighted by molar-refractivity contribution is 7.92. The molecule has 2 saturated heterocycles. The predicted octanol–water partition coefficient (Wildman–Crippen LogP) is 0.149. The van der Waals surface area contributed by atoms with Crippen LogP contribution in [0.3, 0.4) is 0 Å². The Morgan fingerprint density at radius 3 is 2.61 bits per heavy atom. The second-order valence-electron chi connectivity index (χ2n) is 5.54. The number of likely N-dealkylation sites (tertiary alicyclic amines) is 1. The molecule has 0 aromatic rings. The summed E-state index contributed by atoms with van der Waals surface area (Å²) in [5, 5.41) is -0.793. The summed E-state index contributed by atoms with van der Waals surface area (Å²) in [4.78, 5) is 14.0. The zero-order chi connectivity index (χ0) is 13.3. The summed E-state index contributed by atoms with van der Waals surface area (Å²) in [6, 6.07) is 0.0609. The quantitative estimate of drug-likeness (QED) is 0.777. The Labute approximate surface area is 109 Å². The van der Waals surface area contributed by atoms with Gasteiger partial charge >= 0.3 is 0 Å². The highest BCUT2D eigenvalue weighted by atomic mass is 32.2. The van der Waals surface area contributed by atoms with Crippen LogP contribution in [-0.2, 0) is 14.6 Å². The molecule has 2 aliphatic rings. The summed E-state index contributed by atoms with van der Waals surface area (Å²) in [6.07, 6.45) is 2.89. The topological polar surface area (TPSA) is 80.5 Å². The Balaban J connectivity index is 2.04. The lowest BCUT2D eigenvalue weighted by atomic mass is 10.0. The molecule has 0 aromatic carbocycles. The van der Waals surface area contributed by atoms with Crippen molar-refractivity contribution in [2.24, 2.45) is 11.7 Å². The number of amides is 1. The molecule has 5 nitrogen and oxygen atoms in total. The van der Waals surface area contributed by atoms with Crippen molar-refractivity contribution in [1.29, 1.82) is 0 Å². The number of hydrogen-bond donors (Lipinski definition) is 1. The van der Waals surface area contributed by atoms with E-state index in [1.807, 2.05) is 6.92 Å². The van der Waals surface area contributed by atoms with Gasteiger partial charge in [0, 0.05) is 19.1 Å². The molecule has 0 aromatic heterocycles. The van der Waals surface area contributed by atoms with E-state index in [1.165, 1.54) is 0 Å². The van der Waals surface area contributed by atoms with Gasteiger partial charge in [0.05, 0.1) is 5.75 Å². The summed E-state index contributed by atoms with van der Waals surface area (Å²) in [6.45, 7) is 3.20. The van der Waals surface area contributed by atoms with Gasteiger partial charge in [-0.1, -0.05) is 6.42 Å². The molecule has 2 fully saturated rings. The van der Waals surface area contributed by atoms with E-state index < -0.39 is 15.1 Å². The first-order valence-corrected chi connectivity index (χ1v) is 8.39. The van der Waals surface area contributed by atoms with Gasteiger partial charge in [0.15, 0.2) is 9.84 Å². The van der Waals surface area contributed by atoms with Crippen molar-refractivity contribution >= 4 is 15.7 Å². The lowest BCUT2D eigenvalue weighted by Gasteiger charge is -2.26. The van der Waals surface area contributed by atoms with Crippen LogP contribution in [0.15, 0.2) is 0 Å². The Hall–Kier alpha value is -0.620. The number of carbonyl (C=O) groups excluding carboxylic acids is 1. The first-order chi connectivity index (χ1) is 8.42. The number of sulfone groups is 1. The van der Waals surface area contributed by atoms with Gasteiger partial charge in [-0.25, -0.2) is 8.42 Å². The maximum absolute atomic E-state index is 12.3. The van der Waals surface area contributed by atoms with E-state index in [2.05, 4.69) is 0 Å². The third-order valence-corrected chi connectivity index (χ3v) is 6.30. The van der Waals surface area contributed by atoms with Gasteiger partial charge in [-0.05, 0) is 32.1 Å². The molecule has 2 rings (SSSR count). The van der Waals surface area contributed by atoms with Gasteiger partial charge in [-0.3, -0.25) is 4.79 Å². The smallest absolute Gasteiger partial charge is 0.240 e. The summed E-state index contributed by atoms with van der Waals surface area (Å²) in [5.74, 6) is 0.270. The van der Waals surface area contributed by atoms with Crippen LogP contribution < -0.4 is 5.73 Å². The van der Waals surface area contributed by atoms with E-state index in [-0.39, 0.29) is 17.7 Å². The van der Waals surface area contributed by atoms with E-state index in [4.69, 9.17) is 5.73 Å². The van der Waals surface area contributed by atoms with Crippen molar-refractivity contribution in [3.8, 4) is 0 Å². The lowest BCUT2D eigenvalue weighted by molar-refractivity contribution is -0.130. The van der Waals surface area contributed by atoms with Crippen LogP contribution in [0.5, 0.6) is 0 Å². The monoisotopic (exact) mass is 274 g/mol. The zero-order valence-electron chi connectivity index (χ0n) is 10.8. The molecule has 0 saturated carbocycles. The summed E-state index contributed by atoms with van der Waals surface area (Å²) >= 11 is 0. The van der Waals surface area contributed by atoms with Gasteiger partial charge in [0.25, 0.3) is 0 Å². The number of carbonyl (C=O) groups is 1. The molecule has 6 heteroatoms. The number of nitrogens with zero attached hydrogens (tertiary/aromatic N) is 1. The van der Waals surface area contributed by atoms with Crippen LogP contribution in [-0.4, -0.2) is 49.4 Å². The molecule has 2 aliphatic heterocycles. The average molecular weight is 274 g/mol. The van der Waals surface area contributed by atoms with Crippen LogP contribution in [0, 0.1) is 5.92 Å². The van der Waals surface area contributed by atoms with Gasteiger partial charge in [-0.15, -0.1) is 0 Å². The summed E-state index contributed by atoms with van der Waals surface area (Å²) in [5.41, 5.74) is 5.84. The maximum atomic E-state index is 12.3. The van der Waals surface area contributed by atoms with Gasteiger partial charge in [-0.2, -0.15) is 0 Å². The molecule has 2 heterocycles. The minimum absolute atomic E-state index is 0.0609. The van der Waals surface area contributed by atoms with Crippen molar-refractivity contribution in [2.75, 3.05) is 18.8 Å². The van der Waals surface area contributed by atoms with Crippen molar-refractivity contribution in [3.63, 3.8) is 0 Å². The van der Waals surface area contributed by atoms with Crippen molar-refractivity contribution < 1.29 is 13.2 Å². The molecule has 1 amide bonds. The van der Waals surface area contributed by atoms with Crippen LogP contribution >= 0.6 is 0 Å². The molecular formula is C12H22N2O3S. The Bertz CT molecular complexity index is 419. The number of nitrogens with two attached hydrogens (primary N) is 1. The third kappa shape index (κ3) is 2.69. The fourth-order valence-corrected chi connectivity index (χ4v) is 4.73. The van der Waals surface area contributed by atoms with Gasteiger partial charge < -0.3 is 10.6 Å². The molecule has 2 N–H and O–H groups in total. The first-order valence-electron chi connectivity index (χ1n) is 6.68. The SMILES string of the molecule is CC(N)C1CCN(C(=O)C2CCCCS2(=O)=O)C1. The molecule has 3 atom stereocenters. The highest BCUT2D eigenvalue weighted by Gasteiger charge is 2.39. The molecule has 0 radical (unpaired) electrons. The highest BCUT2D eigenvalue weighted by Crippen LogP contribution is 2.25. The normalized spacial score (nSPS) is 33.3. The van der Waals surface area contributed by atoms with Gasteiger partial charge in [0.2, 0.25) is 5.91 Å².